The first-order valence-electron chi connectivity index (χ1n) is 20.3. The lowest BCUT2D eigenvalue weighted by Gasteiger charge is -2.19. The standard InChI is InChI=1S/C20H14O4.2C17H18O3/c21-17-12-18(22)16(20(24)14-9-5-2-6-10-14)11-15(17)19(23)13-7-3-1-4-8-13;2*1-17(2,3)12-9-7-11(8-10-12)16(20)15-13(18)5-4-6-14(15)19/h1-12,21-22H;2*4-10,18-19H,1-3H3. The summed E-state index contributed by atoms with van der Waals surface area (Å²) in [4.78, 5) is 49.7. The Bertz CT molecular complexity index is 2550. The minimum Gasteiger partial charge on any atom is -0.507 e. The number of aromatic hydroxyl groups is 6. The molecule has 0 atom stereocenters. The highest BCUT2D eigenvalue weighted by molar-refractivity contribution is 6.16. The highest BCUT2D eigenvalue weighted by Gasteiger charge is 2.23. The highest BCUT2D eigenvalue weighted by atomic mass is 16.3. The van der Waals surface area contributed by atoms with Gasteiger partial charge in [-0.2, -0.15) is 0 Å². The van der Waals surface area contributed by atoms with E-state index in [2.05, 4.69) is 41.5 Å². The molecule has 0 aromatic heterocycles. The molecule has 0 saturated carbocycles. The van der Waals surface area contributed by atoms with Gasteiger partial charge in [0.15, 0.2) is 23.1 Å². The summed E-state index contributed by atoms with van der Waals surface area (Å²) in [7, 11) is 0. The zero-order valence-electron chi connectivity index (χ0n) is 36.3. The zero-order chi connectivity index (χ0) is 46.9. The molecule has 0 bridgehead atoms. The summed E-state index contributed by atoms with van der Waals surface area (Å²) in [5.41, 5.74) is 3.74. The molecule has 0 amide bonds. The Balaban J connectivity index is 0.000000182. The zero-order valence-corrected chi connectivity index (χ0v) is 36.3. The van der Waals surface area contributed by atoms with Crippen LogP contribution in [0.25, 0.3) is 0 Å². The molecule has 64 heavy (non-hydrogen) atoms. The molecule has 6 N–H and O–H groups in total. The Morgan fingerprint density at radius 3 is 0.875 bits per heavy atom. The van der Waals surface area contributed by atoms with Crippen molar-refractivity contribution >= 4 is 23.1 Å². The lowest BCUT2D eigenvalue weighted by atomic mass is 9.86. The van der Waals surface area contributed by atoms with Crippen LogP contribution in [0.4, 0.5) is 0 Å². The van der Waals surface area contributed by atoms with Gasteiger partial charge in [-0.3, -0.25) is 19.2 Å². The number of carbonyl (C=O) groups is 4. The van der Waals surface area contributed by atoms with Crippen LogP contribution in [0.1, 0.15) is 116 Å². The molecule has 0 fully saturated rings. The molecule has 0 aliphatic heterocycles. The third kappa shape index (κ3) is 11.3. The Kier molecular flexibility index (Phi) is 14.6. The number of hydrogen-bond donors (Lipinski definition) is 6. The Hall–Kier alpha value is -7.98. The molecule has 0 radical (unpaired) electrons. The molecule has 0 saturated heterocycles. The van der Waals surface area contributed by atoms with E-state index < -0.39 is 11.6 Å². The van der Waals surface area contributed by atoms with Crippen LogP contribution >= 0.6 is 0 Å². The third-order valence-corrected chi connectivity index (χ3v) is 10.2. The Morgan fingerprint density at radius 2 is 0.594 bits per heavy atom. The van der Waals surface area contributed by atoms with E-state index >= 15 is 0 Å². The van der Waals surface area contributed by atoms with Crippen LogP contribution < -0.4 is 0 Å². The Labute approximate surface area is 372 Å². The van der Waals surface area contributed by atoms with Crippen molar-refractivity contribution in [3.8, 4) is 34.5 Å². The maximum Gasteiger partial charge on any atom is 0.200 e. The van der Waals surface area contributed by atoms with Crippen molar-refractivity contribution in [3.63, 3.8) is 0 Å². The molecule has 0 aliphatic rings. The van der Waals surface area contributed by atoms with E-state index in [1.807, 2.05) is 24.3 Å². The van der Waals surface area contributed by atoms with Gasteiger partial charge in [0.25, 0.3) is 0 Å². The highest BCUT2D eigenvalue weighted by Crippen LogP contribution is 2.33. The minimum atomic E-state index is -0.421. The molecule has 0 spiro atoms. The van der Waals surface area contributed by atoms with Crippen molar-refractivity contribution in [1.29, 1.82) is 0 Å². The van der Waals surface area contributed by atoms with Crippen LogP contribution in [0, 0.1) is 0 Å². The predicted molar refractivity (Wildman–Crippen MR) is 246 cm³/mol. The number of carbonyl (C=O) groups excluding carboxylic acids is 4. The van der Waals surface area contributed by atoms with E-state index in [0.717, 1.165) is 17.2 Å². The fourth-order valence-electron chi connectivity index (χ4n) is 6.48. The average Bonchev–Trinajstić information content (AvgIpc) is 3.26. The van der Waals surface area contributed by atoms with Gasteiger partial charge in [0.05, 0.1) is 11.1 Å². The summed E-state index contributed by atoms with van der Waals surface area (Å²) in [6.07, 6.45) is 0. The average molecular weight is 859 g/mol. The van der Waals surface area contributed by atoms with Crippen LogP contribution in [0.15, 0.2) is 158 Å². The maximum atomic E-state index is 12.5. The normalized spacial score (nSPS) is 11.0. The number of rotatable bonds is 8. The maximum absolute atomic E-state index is 12.5. The van der Waals surface area contributed by atoms with Crippen LogP contribution in [-0.2, 0) is 10.8 Å². The van der Waals surface area contributed by atoms with Gasteiger partial charge in [-0.15, -0.1) is 0 Å². The van der Waals surface area contributed by atoms with E-state index in [-0.39, 0.29) is 79.1 Å². The van der Waals surface area contributed by atoms with Gasteiger partial charge >= 0.3 is 0 Å². The number of phenolic OH excluding ortho intramolecular Hbond substituents is 6. The van der Waals surface area contributed by atoms with Crippen molar-refractivity contribution in [2.45, 2.75) is 52.4 Å². The van der Waals surface area contributed by atoms with E-state index in [1.165, 1.54) is 42.5 Å². The molecule has 7 aromatic carbocycles. The summed E-state index contributed by atoms with van der Waals surface area (Å²) in [5.74, 6) is -3.21. The first-order chi connectivity index (χ1) is 30.2. The second kappa shape index (κ2) is 19.8. The van der Waals surface area contributed by atoms with Gasteiger partial charge in [0, 0.05) is 28.3 Å². The molecule has 10 nitrogen and oxygen atoms in total. The van der Waals surface area contributed by atoms with Gasteiger partial charge in [-0.25, -0.2) is 0 Å². The first-order valence-corrected chi connectivity index (χ1v) is 20.3. The van der Waals surface area contributed by atoms with Crippen molar-refractivity contribution in [1.82, 2.24) is 0 Å². The molecular formula is C54H50O10. The topological polar surface area (TPSA) is 190 Å². The molecule has 0 unspecified atom stereocenters. The predicted octanol–water partition coefficient (Wildman–Crippen LogP) is 10.8. The van der Waals surface area contributed by atoms with Crippen LogP contribution in [-0.4, -0.2) is 53.8 Å². The van der Waals surface area contributed by atoms with Crippen LogP contribution in [0.2, 0.25) is 0 Å². The summed E-state index contributed by atoms with van der Waals surface area (Å²) >= 11 is 0. The van der Waals surface area contributed by atoms with Gasteiger partial charge in [0.1, 0.15) is 45.6 Å². The van der Waals surface area contributed by atoms with Crippen molar-refractivity contribution in [2.75, 3.05) is 0 Å². The number of benzene rings is 7. The van der Waals surface area contributed by atoms with Crippen molar-refractivity contribution in [3.05, 3.63) is 213 Å². The molecule has 0 heterocycles. The molecule has 7 aromatic rings. The smallest absolute Gasteiger partial charge is 0.200 e. The minimum absolute atomic E-state index is 0.0125. The largest absolute Gasteiger partial charge is 0.507 e. The second-order valence-corrected chi connectivity index (χ2v) is 16.9. The van der Waals surface area contributed by atoms with E-state index in [1.54, 1.807) is 84.9 Å². The van der Waals surface area contributed by atoms with Crippen molar-refractivity contribution in [2.24, 2.45) is 0 Å². The second-order valence-electron chi connectivity index (χ2n) is 16.9. The van der Waals surface area contributed by atoms with Gasteiger partial charge in [-0.1, -0.05) is 163 Å². The molecular weight excluding hydrogens is 809 g/mol. The lowest BCUT2D eigenvalue weighted by molar-refractivity contribution is 0.102. The monoisotopic (exact) mass is 858 g/mol. The first kappa shape index (κ1) is 47.1. The quantitative estimate of drug-likeness (QED) is 0.0802. The summed E-state index contributed by atoms with van der Waals surface area (Å²) in [5, 5.41) is 58.9. The lowest BCUT2D eigenvalue weighted by Crippen LogP contribution is -2.11. The van der Waals surface area contributed by atoms with Gasteiger partial charge < -0.3 is 30.6 Å². The number of ketones is 4. The van der Waals surface area contributed by atoms with Gasteiger partial charge in [0.2, 0.25) is 0 Å². The number of hydrogen-bond acceptors (Lipinski definition) is 10. The van der Waals surface area contributed by atoms with Gasteiger partial charge in [-0.05, 0) is 52.3 Å². The SMILES string of the molecule is CC(C)(C)c1ccc(C(=O)c2c(O)cccc2O)cc1.CC(C)(C)c1ccc(C(=O)c2c(O)cccc2O)cc1.O=C(c1ccccc1)c1cc(C(=O)c2ccccc2)c(O)cc1O. The van der Waals surface area contributed by atoms with Crippen molar-refractivity contribution < 1.29 is 49.8 Å². The molecule has 326 valence electrons. The summed E-state index contributed by atoms with van der Waals surface area (Å²) < 4.78 is 0. The fraction of sp³-hybridized carbons (Fsp3) is 0.148. The molecule has 10 heteroatoms. The number of phenols is 6. The van der Waals surface area contributed by atoms with E-state index in [4.69, 9.17) is 0 Å². The summed E-state index contributed by atoms with van der Waals surface area (Å²) in [6, 6.07) is 42.1. The third-order valence-electron chi connectivity index (χ3n) is 10.2. The van der Waals surface area contributed by atoms with Crippen LogP contribution in [0.3, 0.4) is 0 Å². The van der Waals surface area contributed by atoms with E-state index in [0.29, 0.717) is 22.3 Å². The fourth-order valence-corrected chi connectivity index (χ4v) is 6.48. The molecule has 7 rings (SSSR count). The molecule has 0 aliphatic carbocycles. The summed E-state index contributed by atoms with van der Waals surface area (Å²) in [6.45, 7) is 12.6. The van der Waals surface area contributed by atoms with Crippen LogP contribution in [0.5, 0.6) is 34.5 Å². The van der Waals surface area contributed by atoms with E-state index in [9.17, 15) is 49.8 Å². The Morgan fingerprint density at radius 1 is 0.312 bits per heavy atom.